The van der Waals surface area contributed by atoms with Gasteiger partial charge in [-0.05, 0) is 113 Å². The Morgan fingerprint density at radius 2 is 0.492 bits per heavy atom. The molecule has 6 heteroatoms. The van der Waals surface area contributed by atoms with Crippen LogP contribution in [0.5, 0.6) is 34.5 Å². The molecule has 0 radical (unpaired) electrons. The minimum Gasteiger partial charge on any atom is -0.490 e. The summed E-state index contributed by atoms with van der Waals surface area (Å²) in [7, 11) is 0. The first kappa shape index (κ1) is 48.1. The van der Waals surface area contributed by atoms with Gasteiger partial charge >= 0.3 is 0 Å². The van der Waals surface area contributed by atoms with Crippen molar-refractivity contribution in [2.75, 3.05) is 39.6 Å². The van der Waals surface area contributed by atoms with Gasteiger partial charge in [0, 0.05) is 0 Å². The van der Waals surface area contributed by atoms with Crippen LogP contribution in [-0.4, -0.2) is 39.6 Å². The molecule has 0 spiro atoms. The molecule has 0 atom stereocenters. The molecular weight excluding hydrogens is 733 g/mol. The lowest BCUT2D eigenvalue weighted by atomic mass is 9.93. The predicted molar refractivity (Wildman–Crippen MR) is 252 cm³/mol. The number of hydrogen-bond acceptors (Lipinski definition) is 6. The molecule has 0 amide bonds. The summed E-state index contributed by atoms with van der Waals surface area (Å²) in [6, 6.07) is 13.4. The second-order valence-corrected chi connectivity index (χ2v) is 17.1. The number of benzene rings is 4. The second-order valence-electron chi connectivity index (χ2n) is 17.1. The van der Waals surface area contributed by atoms with Crippen LogP contribution in [0, 0.1) is 5.92 Å². The summed E-state index contributed by atoms with van der Waals surface area (Å²) >= 11 is 0. The third kappa shape index (κ3) is 15.8. The molecule has 0 saturated carbocycles. The van der Waals surface area contributed by atoms with E-state index < -0.39 is 0 Å². The van der Waals surface area contributed by atoms with Crippen molar-refractivity contribution in [3.8, 4) is 34.5 Å². The van der Waals surface area contributed by atoms with Crippen molar-refractivity contribution < 1.29 is 28.4 Å². The van der Waals surface area contributed by atoms with E-state index in [1.54, 1.807) is 0 Å². The average Bonchev–Trinajstić information content (AvgIpc) is 3.23. The van der Waals surface area contributed by atoms with E-state index in [0.717, 1.165) is 137 Å². The summed E-state index contributed by atoms with van der Waals surface area (Å²) in [5.74, 6) is 5.38. The number of rotatable bonds is 34. The Morgan fingerprint density at radius 3 is 0.678 bits per heavy atom. The molecular formula is C53H82O6. The molecule has 4 aromatic rings. The quantitative estimate of drug-likeness (QED) is 0.0346. The molecule has 330 valence electrons. The van der Waals surface area contributed by atoms with Gasteiger partial charge in [-0.25, -0.2) is 0 Å². The van der Waals surface area contributed by atoms with Gasteiger partial charge in [0.25, 0.3) is 0 Å². The summed E-state index contributed by atoms with van der Waals surface area (Å²) in [5, 5.41) is 6.67. The molecule has 0 aliphatic heterocycles. The van der Waals surface area contributed by atoms with Gasteiger partial charge in [-0.2, -0.15) is 0 Å². The van der Waals surface area contributed by atoms with Crippen molar-refractivity contribution in [2.45, 2.75) is 183 Å². The Kier molecular flexibility index (Phi) is 22.9. The normalized spacial score (nSPS) is 11.6. The highest BCUT2D eigenvalue weighted by Crippen LogP contribution is 2.47. The van der Waals surface area contributed by atoms with Crippen molar-refractivity contribution in [3.05, 3.63) is 36.4 Å². The van der Waals surface area contributed by atoms with E-state index >= 15 is 0 Å². The third-order valence-corrected chi connectivity index (χ3v) is 11.4. The lowest BCUT2D eigenvalue weighted by molar-refractivity contribution is 0.252. The zero-order chi connectivity index (χ0) is 42.1. The highest BCUT2D eigenvalue weighted by molar-refractivity contribution is 6.26. The van der Waals surface area contributed by atoms with Crippen molar-refractivity contribution in [2.24, 2.45) is 5.92 Å². The van der Waals surface area contributed by atoms with E-state index in [1.165, 1.54) is 64.2 Å². The molecule has 0 fully saturated rings. The Morgan fingerprint density at radius 1 is 0.288 bits per heavy atom. The lowest BCUT2D eigenvalue weighted by Gasteiger charge is -2.21. The lowest BCUT2D eigenvalue weighted by Crippen LogP contribution is -2.05. The maximum Gasteiger partial charge on any atom is 0.161 e. The van der Waals surface area contributed by atoms with Crippen LogP contribution in [0.3, 0.4) is 0 Å². The first-order valence-electron chi connectivity index (χ1n) is 24.3. The predicted octanol–water partition coefficient (Wildman–Crippen LogP) is 16.4. The molecule has 0 aliphatic carbocycles. The van der Waals surface area contributed by atoms with Gasteiger partial charge in [0.1, 0.15) is 0 Å². The van der Waals surface area contributed by atoms with Crippen molar-refractivity contribution in [1.29, 1.82) is 0 Å². The Labute approximate surface area is 359 Å². The summed E-state index contributed by atoms with van der Waals surface area (Å²) in [6.45, 7) is 19.7. The summed E-state index contributed by atoms with van der Waals surface area (Å²) in [6.07, 6.45) is 23.9. The first-order chi connectivity index (χ1) is 28.9. The van der Waals surface area contributed by atoms with Gasteiger partial charge in [-0.3, -0.25) is 0 Å². The molecule has 59 heavy (non-hydrogen) atoms. The number of unbranched alkanes of at least 4 members (excludes halogenated alkanes) is 15. The topological polar surface area (TPSA) is 55.4 Å². The summed E-state index contributed by atoms with van der Waals surface area (Å²) in [5.41, 5.74) is 0. The van der Waals surface area contributed by atoms with Crippen molar-refractivity contribution >= 4 is 32.3 Å². The van der Waals surface area contributed by atoms with Crippen LogP contribution in [0.2, 0.25) is 0 Å². The van der Waals surface area contributed by atoms with Crippen LogP contribution in [0.15, 0.2) is 36.4 Å². The number of ether oxygens (including phenoxy) is 6. The fourth-order valence-electron chi connectivity index (χ4n) is 7.65. The van der Waals surface area contributed by atoms with Crippen LogP contribution < -0.4 is 28.4 Å². The van der Waals surface area contributed by atoms with Crippen LogP contribution in [-0.2, 0) is 0 Å². The molecule has 0 aromatic heterocycles. The smallest absolute Gasteiger partial charge is 0.161 e. The average molecular weight is 815 g/mol. The van der Waals surface area contributed by atoms with Crippen LogP contribution in [0.1, 0.15) is 183 Å². The molecule has 6 nitrogen and oxygen atoms in total. The van der Waals surface area contributed by atoms with E-state index in [9.17, 15) is 0 Å². The molecule has 0 aliphatic rings. The van der Waals surface area contributed by atoms with E-state index in [0.29, 0.717) is 45.6 Å². The monoisotopic (exact) mass is 815 g/mol. The van der Waals surface area contributed by atoms with Gasteiger partial charge in [0.2, 0.25) is 0 Å². The van der Waals surface area contributed by atoms with Crippen LogP contribution >= 0.6 is 0 Å². The summed E-state index contributed by atoms with van der Waals surface area (Å²) < 4.78 is 39.8. The second kappa shape index (κ2) is 28.1. The molecule has 0 N–H and O–H groups in total. The Balaban J connectivity index is 1.96. The maximum absolute atomic E-state index is 6.64. The Hall–Kier alpha value is -3.54. The minimum absolute atomic E-state index is 0.541. The van der Waals surface area contributed by atoms with Crippen LogP contribution in [0.25, 0.3) is 32.3 Å². The van der Waals surface area contributed by atoms with E-state index in [4.69, 9.17) is 28.4 Å². The Bertz CT molecular complexity index is 1710. The van der Waals surface area contributed by atoms with Crippen LogP contribution in [0.4, 0.5) is 0 Å². The first-order valence-corrected chi connectivity index (χ1v) is 24.3. The van der Waals surface area contributed by atoms with Crippen molar-refractivity contribution in [1.82, 2.24) is 0 Å². The molecule has 4 rings (SSSR count). The third-order valence-electron chi connectivity index (χ3n) is 11.4. The zero-order valence-electron chi connectivity index (χ0n) is 38.6. The van der Waals surface area contributed by atoms with Gasteiger partial charge in [0.05, 0.1) is 39.6 Å². The highest BCUT2D eigenvalue weighted by Gasteiger charge is 2.21. The molecule has 0 heterocycles. The minimum atomic E-state index is 0.541. The van der Waals surface area contributed by atoms with Gasteiger partial charge in [-0.1, -0.05) is 145 Å². The SMILES string of the molecule is CCCCCCOc1cc2c3cc(OCCCCCC)c(OCCCCCC)cc3c3cc(OCCC(C)C)c(OCCCCCC)cc3c2cc1OCCCCCC. The molecule has 4 aromatic carbocycles. The van der Waals surface area contributed by atoms with E-state index in [2.05, 4.69) is 84.9 Å². The molecule has 0 saturated heterocycles. The van der Waals surface area contributed by atoms with Gasteiger partial charge in [0.15, 0.2) is 34.5 Å². The molecule has 0 unspecified atom stereocenters. The van der Waals surface area contributed by atoms with Gasteiger partial charge < -0.3 is 28.4 Å². The molecule has 0 bridgehead atoms. The highest BCUT2D eigenvalue weighted by atomic mass is 16.5. The van der Waals surface area contributed by atoms with Gasteiger partial charge in [-0.15, -0.1) is 0 Å². The zero-order valence-corrected chi connectivity index (χ0v) is 38.6. The number of fused-ring (bicyclic) bond motifs is 6. The maximum atomic E-state index is 6.64. The van der Waals surface area contributed by atoms with Crippen molar-refractivity contribution in [3.63, 3.8) is 0 Å². The van der Waals surface area contributed by atoms with E-state index in [1.807, 2.05) is 0 Å². The summed E-state index contributed by atoms with van der Waals surface area (Å²) in [4.78, 5) is 0. The number of hydrogen-bond donors (Lipinski definition) is 0. The fraction of sp³-hybridized carbons (Fsp3) is 0.660. The standard InChI is InChI=1S/C53H82O6/c1-8-13-18-23-29-54-48-35-42-43-36-49(55-30-24-19-14-9-2)51(57-32-26-21-16-11-4)38-45(43)47-40-53(59-34-28-41(6)7)52(58-33-27-22-17-12-5)39-46(47)44(42)37-50(48)56-31-25-20-15-10-3/h35-41H,8-34H2,1-7H3. The van der Waals surface area contributed by atoms with E-state index in [-0.39, 0.29) is 0 Å². The largest absolute Gasteiger partial charge is 0.490 e. The fourth-order valence-corrected chi connectivity index (χ4v) is 7.65.